The maximum absolute atomic E-state index is 5.62. The number of aromatic nitrogens is 3. The SMILES string of the molecule is CCNC(=NCc1c(C)nn(C)c1C)NCCOc1cccnc1.I. The maximum Gasteiger partial charge on any atom is 0.191 e. The fourth-order valence-corrected chi connectivity index (χ4v) is 2.32. The number of ether oxygens (including phenoxy) is 1. The molecule has 138 valence electrons. The Morgan fingerprint density at radius 1 is 1.32 bits per heavy atom. The number of aryl methyl sites for hydroxylation is 2. The van der Waals surface area contributed by atoms with Crippen LogP contribution in [0.15, 0.2) is 29.5 Å². The molecule has 2 rings (SSSR count). The number of hydrogen-bond donors (Lipinski definition) is 2. The number of guanidine groups is 1. The minimum atomic E-state index is 0. The normalized spacial score (nSPS) is 11.0. The van der Waals surface area contributed by atoms with Gasteiger partial charge in [0.2, 0.25) is 0 Å². The van der Waals surface area contributed by atoms with E-state index in [-0.39, 0.29) is 24.0 Å². The van der Waals surface area contributed by atoms with Crippen LogP contribution in [0.1, 0.15) is 23.9 Å². The van der Waals surface area contributed by atoms with Gasteiger partial charge >= 0.3 is 0 Å². The summed E-state index contributed by atoms with van der Waals surface area (Å²) in [5.74, 6) is 1.54. The average molecular weight is 458 g/mol. The number of nitrogens with one attached hydrogen (secondary N) is 2. The third kappa shape index (κ3) is 6.52. The van der Waals surface area contributed by atoms with Gasteiger partial charge in [0, 0.05) is 31.0 Å². The van der Waals surface area contributed by atoms with Crippen LogP contribution in [0.3, 0.4) is 0 Å². The Morgan fingerprint density at radius 3 is 2.72 bits per heavy atom. The first kappa shape index (κ1) is 21.2. The van der Waals surface area contributed by atoms with Crippen molar-refractivity contribution in [1.29, 1.82) is 0 Å². The molecule has 0 aromatic carbocycles. The number of aliphatic imine (C=N–C) groups is 1. The van der Waals surface area contributed by atoms with Gasteiger partial charge < -0.3 is 15.4 Å². The van der Waals surface area contributed by atoms with Crippen LogP contribution in [0.4, 0.5) is 0 Å². The van der Waals surface area contributed by atoms with E-state index in [1.165, 1.54) is 5.56 Å². The summed E-state index contributed by atoms with van der Waals surface area (Å²) in [5, 5.41) is 10.9. The molecule has 25 heavy (non-hydrogen) atoms. The van der Waals surface area contributed by atoms with Gasteiger partial charge in [-0.25, -0.2) is 4.99 Å². The van der Waals surface area contributed by atoms with E-state index in [0.717, 1.165) is 29.6 Å². The second-order valence-electron chi connectivity index (χ2n) is 5.43. The molecule has 2 aromatic rings. The quantitative estimate of drug-likeness (QED) is 0.288. The highest BCUT2D eigenvalue weighted by molar-refractivity contribution is 14.0. The molecule has 2 heterocycles. The lowest BCUT2D eigenvalue weighted by Crippen LogP contribution is -2.39. The lowest BCUT2D eigenvalue weighted by molar-refractivity contribution is 0.320. The fourth-order valence-electron chi connectivity index (χ4n) is 2.32. The number of pyridine rings is 1. The third-order valence-electron chi connectivity index (χ3n) is 3.70. The van der Waals surface area contributed by atoms with Gasteiger partial charge in [0.15, 0.2) is 5.96 Å². The molecule has 0 fully saturated rings. The van der Waals surface area contributed by atoms with Crippen molar-refractivity contribution in [1.82, 2.24) is 25.4 Å². The summed E-state index contributed by atoms with van der Waals surface area (Å²) in [5.41, 5.74) is 3.34. The van der Waals surface area contributed by atoms with E-state index in [0.29, 0.717) is 19.7 Å². The van der Waals surface area contributed by atoms with Gasteiger partial charge in [-0.15, -0.1) is 24.0 Å². The molecule has 0 saturated carbocycles. The van der Waals surface area contributed by atoms with Gasteiger partial charge in [-0.3, -0.25) is 9.67 Å². The largest absolute Gasteiger partial charge is 0.490 e. The molecule has 0 aliphatic carbocycles. The van der Waals surface area contributed by atoms with Crippen LogP contribution >= 0.6 is 24.0 Å². The Balaban J connectivity index is 0.00000312. The summed E-state index contributed by atoms with van der Waals surface area (Å²) in [7, 11) is 1.95. The van der Waals surface area contributed by atoms with Crippen LogP contribution in [0.5, 0.6) is 5.75 Å². The van der Waals surface area contributed by atoms with E-state index < -0.39 is 0 Å². The molecule has 0 spiro atoms. The number of nitrogens with zero attached hydrogens (tertiary/aromatic N) is 4. The van der Waals surface area contributed by atoms with E-state index in [9.17, 15) is 0 Å². The first-order valence-corrected chi connectivity index (χ1v) is 8.16. The van der Waals surface area contributed by atoms with Gasteiger partial charge in [-0.2, -0.15) is 5.10 Å². The van der Waals surface area contributed by atoms with Crippen molar-refractivity contribution in [2.75, 3.05) is 19.7 Å². The Hall–Kier alpha value is -1.84. The second-order valence-corrected chi connectivity index (χ2v) is 5.43. The molecule has 0 bridgehead atoms. The summed E-state index contributed by atoms with van der Waals surface area (Å²) < 4.78 is 7.51. The molecule has 0 unspecified atom stereocenters. The highest BCUT2D eigenvalue weighted by atomic mass is 127. The summed E-state index contributed by atoms with van der Waals surface area (Å²) in [6, 6.07) is 3.74. The predicted molar refractivity (Wildman–Crippen MR) is 111 cm³/mol. The third-order valence-corrected chi connectivity index (χ3v) is 3.70. The molecule has 0 amide bonds. The summed E-state index contributed by atoms with van der Waals surface area (Å²) in [6.07, 6.45) is 3.43. The zero-order valence-electron chi connectivity index (χ0n) is 15.2. The van der Waals surface area contributed by atoms with Crippen LogP contribution < -0.4 is 15.4 Å². The van der Waals surface area contributed by atoms with Gasteiger partial charge in [0.1, 0.15) is 12.4 Å². The zero-order valence-corrected chi connectivity index (χ0v) is 17.6. The predicted octanol–water partition coefficient (Wildman–Crippen LogP) is 2.18. The van der Waals surface area contributed by atoms with Crippen LogP contribution in [-0.2, 0) is 13.6 Å². The van der Waals surface area contributed by atoms with E-state index in [1.807, 2.05) is 37.7 Å². The van der Waals surface area contributed by atoms with Crippen molar-refractivity contribution in [3.63, 3.8) is 0 Å². The minimum Gasteiger partial charge on any atom is -0.490 e. The van der Waals surface area contributed by atoms with E-state index in [1.54, 1.807) is 12.4 Å². The molecule has 2 aromatic heterocycles. The Bertz CT molecular complexity index is 671. The van der Waals surface area contributed by atoms with Crippen molar-refractivity contribution in [2.45, 2.75) is 27.3 Å². The lowest BCUT2D eigenvalue weighted by Gasteiger charge is -2.12. The van der Waals surface area contributed by atoms with Crippen molar-refractivity contribution >= 4 is 29.9 Å². The molecule has 0 aliphatic rings. The average Bonchev–Trinajstić information content (AvgIpc) is 2.82. The molecule has 0 atom stereocenters. The first-order valence-electron chi connectivity index (χ1n) is 8.16. The topological polar surface area (TPSA) is 76.4 Å². The molecule has 2 N–H and O–H groups in total. The molecule has 0 radical (unpaired) electrons. The van der Waals surface area contributed by atoms with Crippen LogP contribution in [0.25, 0.3) is 0 Å². The maximum atomic E-state index is 5.62. The van der Waals surface area contributed by atoms with Crippen LogP contribution in [0, 0.1) is 13.8 Å². The molecule has 0 aliphatic heterocycles. The standard InChI is InChI=1S/C17H26N6O.HI/c1-5-19-17(20-9-10-24-15-7-6-8-18-11-15)21-12-16-13(2)22-23(4)14(16)3;/h6-8,11H,5,9-10,12H2,1-4H3,(H2,19,20,21);1H. The number of rotatable bonds is 7. The van der Waals surface area contributed by atoms with Gasteiger partial charge in [-0.05, 0) is 32.9 Å². The van der Waals surface area contributed by atoms with E-state index in [4.69, 9.17) is 4.74 Å². The summed E-state index contributed by atoms with van der Waals surface area (Å²) in [4.78, 5) is 8.66. The van der Waals surface area contributed by atoms with Crippen molar-refractivity contribution in [2.24, 2.45) is 12.0 Å². The smallest absolute Gasteiger partial charge is 0.191 e. The fraction of sp³-hybridized carbons (Fsp3) is 0.471. The molecular formula is C17H27IN6O. The van der Waals surface area contributed by atoms with E-state index in [2.05, 4.69) is 32.6 Å². The molecule has 8 heteroatoms. The Morgan fingerprint density at radius 2 is 2.12 bits per heavy atom. The lowest BCUT2D eigenvalue weighted by atomic mass is 10.2. The van der Waals surface area contributed by atoms with Gasteiger partial charge in [0.25, 0.3) is 0 Å². The molecular weight excluding hydrogens is 431 g/mol. The van der Waals surface area contributed by atoms with Crippen molar-refractivity contribution < 1.29 is 4.74 Å². The zero-order chi connectivity index (χ0) is 17.4. The highest BCUT2D eigenvalue weighted by Gasteiger charge is 2.08. The highest BCUT2D eigenvalue weighted by Crippen LogP contribution is 2.12. The summed E-state index contributed by atoms with van der Waals surface area (Å²) in [6.45, 7) is 8.73. The Labute approximate surface area is 166 Å². The monoisotopic (exact) mass is 458 g/mol. The van der Waals surface area contributed by atoms with Crippen molar-refractivity contribution in [3.8, 4) is 5.75 Å². The van der Waals surface area contributed by atoms with Gasteiger partial charge in [0.05, 0.1) is 25.0 Å². The minimum absolute atomic E-state index is 0. The second kappa shape index (κ2) is 10.9. The van der Waals surface area contributed by atoms with Crippen LogP contribution in [-0.4, -0.2) is 40.4 Å². The Kier molecular flexibility index (Phi) is 9.25. The first-order chi connectivity index (χ1) is 11.6. The van der Waals surface area contributed by atoms with Crippen molar-refractivity contribution in [3.05, 3.63) is 41.5 Å². The molecule has 7 nitrogen and oxygen atoms in total. The van der Waals surface area contributed by atoms with E-state index >= 15 is 0 Å². The molecule has 0 saturated heterocycles. The van der Waals surface area contributed by atoms with Crippen LogP contribution in [0.2, 0.25) is 0 Å². The number of halogens is 1. The number of hydrogen-bond acceptors (Lipinski definition) is 4. The summed E-state index contributed by atoms with van der Waals surface area (Å²) >= 11 is 0. The van der Waals surface area contributed by atoms with Gasteiger partial charge in [-0.1, -0.05) is 0 Å².